The van der Waals surface area contributed by atoms with Crippen LogP contribution in [0.25, 0.3) is 0 Å². The highest BCUT2D eigenvalue weighted by Crippen LogP contribution is 2.18. The maximum Gasteiger partial charge on any atom is 0.257 e. The molecule has 19 heavy (non-hydrogen) atoms. The maximum absolute atomic E-state index is 13.0. The molecule has 0 aliphatic heterocycles. The Hall–Kier alpha value is -2.23. The third-order valence-electron chi connectivity index (χ3n) is 2.13. The lowest BCUT2D eigenvalue weighted by Gasteiger charge is -2.00. The van der Waals surface area contributed by atoms with Crippen LogP contribution in [0.4, 0.5) is 9.52 Å². The summed E-state index contributed by atoms with van der Waals surface area (Å²) < 4.78 is 13.0. The van der Waals surface area contributed by atoms with Gasteiger partial charge in [-0.2, -0.15) is 0 Å². The Bertz CT molecular complexity index is 657. The van der Waals surface area contributed by atoms with Crippen molar-refractivity contribution in [2.45, 2.75) is 0 Å². The Labute approximate surface area is 113 Å². The van der Waals surface area contributed by atoms with E-state index in [0.29, 0.717) is 10.0 Å². The second kappa shape index (κ2) is 6.09. The van der Waals surface area contributed by atoms with Crippen LogP contribution in [-0.4, -0.2) is 17.4 Å². The Morgan fingerprint density at radius 3 is 3.11 bits per heavy atom. The highest BCUT2D eigenvalue weighted by Gasteiger charge is 2.09. The van der Waals surface area contributed by atoms with Gasteiger partial charge in [0.05, 0.1) is 17.6 Å². The molecule has 1 amide bonds. The first kappa shape index (κ1) is 13.2. The number of benzene rings is 1. The average molecular weight is 275 g/mol. The Kier molecular flexibility index (Phi) is 4.23. The quantitative estimate of drug-likeness (QED) is 0.822. The molecular weight excluding hydrogens is 265 g/mol. The minimum atomic E-state index is -0.457. The summed E-state index contributed by atoms with van der Waals surface area (Å²) in [6, 6.07) is 5.45. The van der Waals surface area contributed by atoms with Crippen molar-refractivity contribution in [2.24, 2.45) is 5.73 Å². The number of anilines is 1. The fourth-order valence-electron chi connectivity index (χ4n) is 1.33. The normalized spacial score (nSPS) is 9.58. The molecule has 0 bridgehead atoms. The zero-order valence-electron chi connectivity index (χ0n) is 9.81. The zero-order valence-corrected chi connectivity index (χ0v) is 10.6. The minimum Gasteiger partial charge on any atom is -0.320 e. The molecule has 6 heteroatoms. The lowest BCUT2D eigenvalue weighted by atomic mass is 10.2. The Morgan fingerprint density at radius 2 is 2.37 bits per heavy atom. The highest BCUT2D eigenvalue weighted by atomic mass is 32.1. The number of thiazole rings is 1. The molecule has 0 aliphatic carbocycles. The van der Waals surface area contributed by atoms with Crippen molar-refractivity contribution >= 4 is 22.4 Å². The van der Waals surface area contributed by atoms with Gasteiger partial charge in [-0.25, -0.2) is 9.37 Å². The van der Waals surface area contributed by atoms with Crippen molar-refractivity contribution < 1.29 is 9.18 Å². The summed E-state index contributed by atoms with van der Waals surface area (Å²) in [6.07, 6.45) is 1.55. The monoisotopic (exact) mass is 275 g/mol. The van der Waals surface area contributed by atoms with E-state index in [1.54, 1.807) is 6.20 Å². The van der Waals surface area contributed by atoms with E-state index in [2.05, 4.69) is 22.1 Å². The predicted octanol–water partition coefficient (Wildman–Crippen LogP) is 1.84. The molecule has 0 spiro atoms. The van der Waals surface area contributed by atoms with Crippen LogP contribution >= 0.6 is 11.3 Å². The van der Waals surface area contributed by atoms with Crippen molar-refractivity contribution in [1.82, 2.24) is 4.98 Å². The second-order valence-corrected chi connectivity index (χ2v) is 4.53. The molecule has 0 unspecified atom stereocenters. The maximum atomic E-state index is 13.0. The lowest BCUT2D eigenvalue weighted by molar-refractivity contribution is 0.102. The van der Waals surface area contributed by atoms with Gasteiger partial charge in [-0.1, -0.05) is 29.2 Å². The largest absolute Gasteiger partial charge is 0.320 e. The third kappa shape index (κ3) is 3.61. The molecule has 0 fully saturated rings. The summed E-state index contributed by atoms with van der Waals surface area (Å²) in [5.74, 6) is 4.65. The van der Waals surface area contributed by atoms with Crippen LogP contribution in [-0.2, 0) is 0 Å². The van der Waals surface area contributed by atoms with E-state index in [1.807, 2.05) is 0 Å². The van der Waals surface area contributed by atoms with Crippen LogP contribution in [0.15, 0.2) is 30.5 Å². The van der Waals surface area contributed by atoms with E-state index in [-0.39, 0.29) is 12.1 Å². The molecule has 2 rings (SSSR count). The van der Waals surface area contributed by atoms with E-state index < -0.39 is 11.7 Å². The SMILES string of the molecule is NCC#Cc1cnc(NC(=O)c2cccc(F)c2)s1. The first-order valence-electron chi connectivity index (χ1n) is 5.41. The molecule has 1 heterocycles. The van der Waals surface area contributed by atoms with Crippen LogP contribution in [0.1, 0.15) is 15.2 Å². The molecule has 0 saturated heterocycles. The summed E-state index contributed by atoms with van der Waals surface area (Å²) in [5.41, 5.74) is 5.50. The van der Waals surface area contributed by atoms with Gasteiger partial charge in [-0.05, 0) is 18.2 Å². The molecule has 2 aromatic rings. The van der Waals surface area contributed by atoms with E-state index in [0.717, 1.165) is 6.07 Å². The van der Waals surface area contributed by atoms with E-state index in [4.69, 9.17) is 5.73 Å². The number of amides is 1. The molecular formula is C13H10FN3OS. The first-order chi connectivity index (χ1) is 9.19. The van der Waals surface area contributed by atoms with Gasteiger partial charge in [0.25, 0.3) is 5.91 Å². The summed E-state index contributed by atoms with van der Waals surface area (Å²) >= 11 is 1.23. The second-order valence-electron chi connectivity index (χ2n) is 3.50. The number of nitrogens with two attached hydrogens (primary N) is 1. The fourth-order valence-corrected chi connectivity index (χ4v) is 2.01. The van der Waals surface area contributed by atoms with Gasteiger partial charge in [-0.15, -0.1) is 0 Å². The van der Waals surface area contributed by atoms with Gasteiger partial charge >= 0.3 is 0 Å². The van der Waals surface area contributed by atoms with Crippen LogP contribution in [0.2, 0.25) is 0 Å². The van der Waals surface area contributed by atoms with Crippen LogP contribution in [0.3, 0.4) is 0 Å². The van der Waals surface area contributed by atoms with E-state index in [9.17, 15) is 9.18 Å². The lowest BCUT2D eigenvalue weighted by Crippen LogP contribution is -2.11. The fraction of sp³-hybridized carbons (Fsp3) is 0.0769. The minimum absolute atomic E-state index is 0.241. The van der Waals surface area contributed by atoms with Gasteiger partial charge in [0.15, 0.2) is 5.13 Å². The summed E-state index contributed by atoms with van der Waals surface area (Å²) in [5, 5.41) is 3.00. The molecule has 0 aliphatic rings. The molecule has 3 N–H and O–H groups in total. The summed E-state index contributed by atoms with van der Waals surface area (Å²) in [6.45, 7) is 0.267. The molecule has 4 nitrogen and oxygen atoms in total. The van der Waals surface area contributed by atoms with Crippen molar-refractivity contribution in [3.8, 4) is 11.8 Å². The van der Waals surface area contributed by atoms with Crippen LogP contribution in [0.5, 0.6) is 0 Å². The number of carbonyl (C=O) groups excluding carboxylic acids is 1. The highest BCUT2D eigenvalue weighted by molar-refractivity contribution is 7.16. The van der Waals surface area contributed by atoms with Gasteiger partial charge in [0, 0.05) is 5.56 Å². The van der Waals surface area contributed by atoms with Gasteiger partial charge in [0.2, 0.25) is 0 Å². The van der Waals surface area contributed by atoms with E-state index in [1.165, 1.54) is 29.5 Å². The number of hydrogen-bond donors (Lipinski definition) is 2. The van der Waals surface area contributed by atoms with Gasteiger partial charge in [0.1, 0.15) is 5.82 Å². The molecule has 0 radical (unpaired) electrons. The number of aromatic nitrogens is 1. The Morgan fingerprint density at radius 1 is 1.53 bits per heavy atom. The van der Waals surface area contributed by atoms with Crippen molar-refractivity contribution in [3.63, 3.8) is 0 Å². The van der Waals surface area contributed by atoms with Crippen molar-refractivity contribution in [3.05, 3.63) is 46.7 Å². The number of nitrogens with one attached hydrogen (secondary N) is 1. The topological polar surface area (TPSA) is 68.0 Å². The molecule has 1 aromatic carbocycles. The third-order valence-corrected chi connectivity index (χ3v) is 2.95. The summed E-state index contributed by atoms with van der Waals surface area (Å²) in [4.78, 5) is 16.5. The van der Waals surface area contributed by atoms with Crippen LogP contribution < -0.4 is 11.1 Å². The molecule has 1 aromatic heterocycles. The number of carbonyl (C=O) groups is 1. The number of hydrogen-bond acceptors (Lipinski definition) is 4. The number of halogens is 1. The smallest absolute Gasteiger partial charge is 0.257 e. The molecule has 0 atom stereocenters. The van der Waals surface area contributed by atoms with Gasteiger partial charge < -0.3 is 5.73 Å². The number of rotatable bonds is 2. The zero-order chi connectivity index (χ0) is 13.7. The Balaban J connectivity index is 2.09. The standard InChI is InChI=1S/C13H10FN3OS/c14-10-4-1-3-9(7-10)12(18)17-13-16-8-11(19-13)5-2-6-15/h1,3-4,7-8H,6,15H2,(H,16,17,18). The number of nitrogens with zero attached hydrogens (tertiary/aromatic N) is 1. The first-order valence-corrected chi connectivity index (χ1v) is 6.22. The molecule has 96 valence electrons. The van der Waals surface area contributed by atoms with E-state index >= 15 is 0 Å². The van der Waals surface area contributed by atoms with Crippen LogP contribution in [0, 0.1) is 17.7 Å². The predicted molar refractivity (Wildman–Crippen MR) is 72.4 cm³/mol. The summed E-state index contributed by atoms with van der Waals surface area (Å²) in [7, 11) is 0. The van der Waals surface area contributed by atoms with Crippen molar-refractivity contribution in [2.75, 3.05) is 11.9 Å². The average Bonchev–Trinajstić information content (AvgIpc) is 2.84. The van der Waals surface area contributed by atoms with Crippen molar-refractivity contribution in [1.29, 1.82) is 0 Å². The molecule has 0 saturated carbocycles. The van der Waals surface area contributed by atoms with Gasteiger partial charge in [-0.3, -0.25) is 10.1 Å².